The van der Waals surface area contributed by atoms with Gasteiger partial charge in [0.05, 0.1) is 5.02 Å². The zero-order chi connectivity index (χ0) is 12.5. The molecule has 2 rings (SSSR count). The Kier molecular flexibility index (Phi) is 8.02. The molecule has 2 heterocycles. The van der Waals surface area contributed by atoms with E-state index in [1.807, 2.05) is 0 Å². The Morgan fingerprint density at radius 2 is 1.84 bits per heavy atom. The molecule has 1 aromatic heterocycles. The molecule has 9 heteroatoms. The summed E-state index contributed by atoms with van der Waals surface area (Å²) in [5, 5.41) is 4.84. The van der Waals surface area contributed by atoms with Gasteiger partial charge in [-0.1, -0.05) is 11.6 Å². The van der Waals surface area contributed by atoms with Gasteiger partial charge in [-0.05, 0) is 11.4 Å². The molecule has 2 nitrogen and oxygen atoms in total. The third-order valence-corrected chi connectivity index (χ3v) is 4.13. The summed E-state index contributed by atoms with van der Waals surface area (Å²) in [6.45, 7) is 1.93. The van der Waals surface area contributed by atoms with Crippen molar-refractivity contribution in [3.63, 3.8) is 0 Å². The van der Waals surface area contributed by atoms with E-state index in [9.17, 15) is 13.2 Å². The van der Waals surface area contributed by atoms with Gasteiger partial charge in [0.2, 0.25) is 0 Å². The molecule has 112 valence electrons. The van der Waals surface area contributed by atoms with Crippen LogP contribution in [0.5, 0.6) is 0 Å². The summed E-state index contributed by atoms with van der Waals surface area (Å²) >= 11 is 6.89. The molecular formula is C10H14Cl3F3N2S. The van der Waals surface area contributed by atoms with Crippen LogP contribution < -0.4 is 5.32 Å². The molecule has 0 aliphatic carbocycles. The standard InChI is InChI=1S/C10H12ClF3N2S.2ClH/c11-7-1-6-17-8(7)9(10(12,13)14)16-4-2-15-3-5-16;;/h1,6,9,15H,2-5H2;2*1H/t9-;;/m1../s1. The van der Waals surface area contributed by atoms with E-state index < -0.39 is 12.2 Å². The van der Waals surface area contributed by atoms with Gasteiger partial charge in [0.15, 0.2) is 0 Å². The van der Waals surface area contributed by atoms with Gasteiger partial charge in [-0.3, -0.25) is 4.90 Å². The van der Waals surface area contributed by atoms with Crippen LogP contribution in [-0.2, 0) is 0 Å². The van der Waals surface area contributed by atoms with E-state index in [4.69, 9.17) is 11.6 Å². The second-order valence-corrected chi connectivity index (χ2v) is 5.22. The van der Waals surface area contributed by atoms with Crippen molar-refractivity contribution >= 4 is 47.8 Å². The first-order chi connectivity index (χ1) is 8.00. The summed E-state index contributed by atoms with van der Waals surface area (Å²) in [6.07, 6.45) is -4.29. The number of hydrogen-bond acceptors (Lipinski definition) is 3. The van der Waals surface area contributed by atoms with Crippen molar-refractivity contribution in [2.45, 2.75) is 12.2 Å². The first-order valence-electron chi connectivity index (χ1n) is 5.24. The number of alkyl halides is 3. The normalized spacial score (nSPS) is 18.3. The van der Waals surface area contributed by atoms with Crippen LogP contribution in [0.4, 0.5) is 13.2 Å². The summed E-state index contributed by atoms with van der Waals surface area (Å²) in [6, 6.07) is -0.0558. The van der Waals surface area contributed by atoms with Gasteiger partial charge < -0.3 is 5.32 Å². The topological polar surface area (TPSA) is 15.3 Å². The number of rotatable bonds is 2. The van der Waals surface area contributed by atoms with E-state index in [-0.39, 0.29) is 34.7 Å². The van der Waals surface area contributed by atoms with Crippen molar-refractivity contribution < 1.29 is 13.2 Å². The molecule has 0 amide bonds. The Labute approximate surface area is 131 Å². The van der Waals surface area contributed by atoms with E-state index in [0.29, 0.717) is 26.2 Å². The molecule has 0 spiro atoms. The van der Waals surface area contributed by atoms with E-state index in [0.717, 1.165) is 11.3 Å². The molecule has 1 N–H and O–H groups in total. The minimum absolute atomic E-state index is 0. The lowest BCUT2D eigenvalue weighted by Gasteiger charge is -2.35. The largest absolute Gasteiger partial charge is 0.408 e. The van der Waals surface area contributed by atoms with Crippen LogP contribution in [0, 0.1) is 0 Å². The van der Waals surface area contributed by atoms with Gasteiger partial charge in [0.25, 0.3) is 0 Å². The van der Waals surface area contributed by atoms with Gasteiger partial charge >= 0.3 is 6.18 Å². The number of hydrogen-bond donors (Lipinski definition) is 1. The predicted molar refractivity (Wildman–Crippen MR) is 77.1 cm³/mol. The molecule has 1 aromatic rings. The molecule has 1 aliphatic rings. The summed E-state index contributed by atoms with van der Waals surface area (Å²) in [7, 11) is 0. The highest BCUT2D eigenvalue weighted by Gasteiger charge is 2.46. The smallest absolute Gasteiger partial charge is 0.314 e. The lowest BCUT2D eigenvalue weighted by molar-refractivity contribution is -0.186. The van der Waals surface area contributed by atoms with Crippen molar-refractivity contribution in [2.75, 3.05) is 26.2 Å². The highest BCUT2D eigenvalue weighted by Crippen LogP contribution is 2.42. The zero-order valence-corrected chi connectivity index (χ0v) is 12.9. The molecule has 0 bridgehead atoms. The predicted octanol–water partition coefficient (Wildman–Crippen LogP) is 3.75. The monoisotopic (exact) mass is 356 g/mol. The van der Waals surface area contributed by atoms with Crippen LogP contribution in [0.2, 0.25) is 5.02 Å². The van der Waals surface area contributed by atoms with Crippen LogP contribution in [0.15, 0.2) is 11.4 Å². The molecule has 0 unspecified atom stereocenters. The third kappa shape index (κ3) is 4.65. The Morgan fingerprint density at radius 1 is 1.26 bits per heavy atom. The van der Waals surface area contributed by atoms with Crippen LogP contribution in [0.25, 0.3) is 0 Å². The lowest BCUT2D eigenvalue weighted by Crippen LogP contribution is -2.48. The summed E-state index contributed by atoms with van der Waals surface area (Å²) in [4.78, 5) is 1.63. The Morgan fingerprint density at radius 3 is 2.26 bits per heavy atom. The maximum absolute atomic E-state index is 13.1. The Balaban J connectivity index is 0.00000162. The van der Waals surface area contributed by atoms with E-state index in [2.05, 4.69) is 5.32 Å². The highest BCUT2D eigenvalue weighted by atomic mass is 35.5. The fourth-order valence-corrected chi connectivity index (χ4v) is 3.28. The molecule has 19 heavy (non-hydrogen) atoms. The molecule has 1 fully saturated rings. The van der Waals surface area contributed by atoms with Crippen LogP contribution in [0.3, 0.4) is 0 Å². The summed E-state index contributed by atoms with van der Waals surface area (Å²) < 4.78 is 39.4. The van der Waals surface area contributed by atoms with Gasteiger partial charge in [0.1, 0.15) is 6.04 Å². The van der Waals surface area contributed by atoms with Crippen molar-refractivity contribution in [3.8, 4) is 0 Å². The number of piperazine rings is 1. The van der Waals surface area contributed by atoms with Crippen molar-refractivity contribution in [1.82, 2.24) is 10.2 Å². The fraction of sp³-hybridized carbons (Fsp3) is 0.600. The van der Waals surface area contributed by atoms with Gasteiger partial charge in [-0.2, -0.15) is 13.2 Å². The second kappa shape index (κ2) is 7.90. The molecule has 0 radical (unpaired) electrons. The molecule has 1 saturated heterocycles. The fourth-order valence-electron chi connectivity index (χ4n) is 1.96. The van der Waals surface area contributed by atoms with Crippen molar-refractivity contribution in [3.05, 3.63) is 21.3 Å². The highest BCUT2D eigenvalue weighted by molar-refractivity contribution is 7.10. The molecule has 0 saturated carbocycles. The molecule has 1 atom stereocenters. The average molecular weight is 358 g/mol. The summed E-state index contributed by atoms with van der Waals surface area (Å²) in [5.41, 5.74) is 0. The van der Waals surface area contributed by atoms with Crippen LogP contribution in [-0.4, -0.2) is 37.3 Å². The van der Waals surface area contributed by atoms with Gasteiger partial charge in [-0.25, -0.2) is 0 Å². The minimum Gasteiger partial charge on any atom is -0.314 e. The van der Waals surface area contributed by atoms with Crippen molar-refractivity contribution in [2.24, 2.45) is 0 Å². The van der Waals surface area contributed by atoms with Crippen molar-refractivity contribution in [1.29, 1.82) is 0 Å². The Bertz CT molecular complexity index is 380. The molecule has 1 aliphatic heterocycles. The maximum Gasteiger partial charge on any atom is 0.408 e. The number of thiophene rings is 1. The quantitative estimate of drug-likeness (QED) is 0.867. The SMILES string of the molecule is Cl.Cl.FC(F)(F)[C@@H](c1sccc1Cl)N1CCNCC1. The number of halogens is 6. The van der Waals surface area contributed by atoms with E-state index in [1.165, 1.54) is 11.0 Å². The third-order valence-electron chi connectivity index (χ3n) is 2.72. The Hall–Kier alpha value is 0.280. The van der Waals surface area contributed by atoms with Gasteiger partial charge in [0, 0.05) is 31.1 Å². The second-order valence-electron chi connectivity index (χ2n) is 3.86. The summed E-state index contributed by atoms with van der Waals surface area (Å²) in [5.74, 6) is 0. The molecule has 0 aromatic carbocycles. The lowest BCUT2D eigenvalue weighted by atomic mass is 10.1. The van der Waals surface area contributed by atoms with Crippen LogP contribution in [0.1, 0.15) is 10.9 Å². The zero-order valence-electron chi connectivity index (χ0n) is 9.74. The minimum atomic E-state index is -4.29. The van der Waals surface area contributed by atoms with Gasteiger partial charge in [-0.15, -0.1) is 36.2 Å². The maximum atomic E-state index is 13.1. The van der Waals surface area contributed by atoms with E-state index in [1.54, 1.807) is 5.38 Å². The number of nitrogens with zero attached hydrogens (tertiary/aromatic N) is 1. The van der Waals surface area contributed by atoms with Crippen LogP contribution >= 0.6 is 47.8 Å². The first-order valence-corrected chi connectivity index (χ1v) is 6.50. The average Bonchev–Trinajstić information content (AvgIpc) is 2.65. The van der Waals surface area contributed by atoms with E-state index >= 15 is 0 Å². The number of nitrogens with one attached hydrogen (secondary N) is 1. The molecular weight excluding hydrogens is 344 g/mol. The first kappa shape index (κ1) is 19.3.